The van der Waals surface area contributed by atoms with Crippen LogP contribution < -0.4 is 4.74 Å². The molecule has 0 radical (unpaired) electrons. The molecule has 19 rings (SSSR count). The molecule has 4 aliphatic rings. The molecule has 5 nitrogen and oxygen atoms in total. The molecule has 0 bridgehead atoms. The van der Waals surface area contributed by atoms with Gasteiger partial charge >= 0.3 is 0 Å². The maximum atomic E-state index is 6.90. The van der Waals surface area contributed by atoms with E-state index >= 15 is 0 Å². The molecule has 0 saturated heterocycles. The summed E-state index contributed by atoms with van der Waals surface area (Å²) in [6, 6.07) is 119. The number of hydrogen-bond donors (Lipinski definition) is 0. The predicted molar refractivity (Wildman–Crippen MR) is 406 cm³/mol. The molecular formula is C94H66N4OS. The van der Waals surface area contributed by atoms with Crippen LogP contribution in [0.25, 0.3) is 90.1 Å². The van der Waals surface area contributed by atoms with Crippen LogP contribution >= 0.6 is 11.8 Å². The zero-order valence-electron chi connectivity index (χ0n) is 55.8. The monoisotopic (exact) mass is 1300 g/mol. The summed E-state index contributed by atoms with van der Waals surface area (Å²) in [7, 11) is 0. The molecule has 0 atom stereocenters. The molecule has 2 aliphatic carbocycles. The van der Waals surface area contributed by atoms with Gasteiger partial charge in [-0.3, -0.25) is 0 Å². The van der Waals surface area contributed by atoms with Gasteiger partial charge in [-0.15, -0.1) is 0 Å². The first-order valence-corrected chi connectivity index (χ1v) is 35.3. The zero-order valence-corrected chi connectivity index (χ0v) is 56.6. The first kappa shape index (κ1) is 59.4. The Morgan fingerprint density at radius 3 is 1.02 bits per heavy atom. The van der Waals surface area contributed by atoms with Crippen molar-refractivity contribution in [1.82, 2.24) is 19.9 Å². The molecule has 0 fully saturated rings. The third-order valence-electron chi connectivity index (χ3n) is 21.8. The van der Waals surface area contributed by atoms with E-state index in [0.29, 0.717) is 11.6 Å². The lowest BCUT2D eigenvalue weighted by Gasteiger charge is -2.50. The highest BCUT2D eigenvalue weighted by atomic mass is 32.2. The lowest BCUT2D eigenvalue weighted by Crippen LogP contribution is -2.43. The summed E-state index contributed by atoms with van der Waals surface area (Å²) in [5.41, 5.74) is 27.7. The molecule has 0 saturated carbocycles. The minimum atomic E-state index is -0.654. The van der Waals surface area contributed by atoms with Gasteiger partial charge in [0.1, 0.15) is 11.5 Å². The Kier molecular flexibility index (Phi) is 13.6. The van der Waals surface area contributed by atoms with E-state index in [9.17, 15) is 0 Å². The fraction of sp³-hybridized carbons (Fsp3) is 0.0851. The number of nitrogens with zero attached hydrogens (tertiary/aromatic N) is 4. The lowest BCUT2D eigenvalue weighted by atomic mass is 9.53. The second kappa shape index (κ2) is 22.9. The van der Waals surface area contributed by atoms with Crippen LogP contribution in [0.2, 0.25) is 0 Å². The molecule has 2 aliphatic heterocycles. The molecule has 6 heteroatoms. The molecule has 4 heterocycles. The number of benzene rings is 13. The predicted octanol–water partition coefficient (Wildman–Crippen LogP) is 23.2. The van der Waals surface area contributed by atoms with E-state index in [4.69, 9.17) is 24.7 Å². The highest BCUT2D eigenvalue weighted by Gasteiger charge is 2.54. The Labute approximate surface area is 587 Å². The molecule has 0 N–H and O–H groups in total. The topological polar surface area (TPSA) is 60.8 Å². The van der Waals surface area contributed by atoms with Crippen molar-refractivity contribution in [1.29, 1.82) is 0 Å². The van der Waals surface area contributed by atoms with E-state index in [1.54, 1.807) is 0 Å². The van der Waals surface area contributed by atoms with Gasteiger partial charge in [0.2, 0.25) is 0 Å². The van der Waals surface area contributed by atoms with Crippen molar-refractivity contribution in [3.63, 3.8) is 0 Å². The smallest absolute Gasteiger partial charge is 0.160 e. The molecule has 100 heavy (non-hydrogen) atoms. The van der Waals surface area contributed by atoms with Gasteiger partial charge in [-0.1, -0.05) is 319 Å². The van der Waals surface area contributed by atoms with Crippen LogP contribution in [0.1, 0.15) is 94.5 Å². The van der Waals surface area contributed by atoms with Crippen molar-refractivity contribution < 1.29 is 4.74 Å². The quantitative estimate of drug-likeness (QED) is 0.151. The summed E-state index contributed by atoms with van der Waals surface area (Å²) in [5, 5.41) is 0. The SMILES string of the molecule is CC1(C)c2ccccc2C2(c3ccccc3Oc3ccc(-c4cc(-c5ccccc5)nc(-c5ccc(-c6ccc(-c7ccc(-c8cc(-c9ccc%10c(c9)Sc9ccccc9C%109c%10ccccc%10C(C)(C)c%10ccccc%109)nc(-c9ccccc9)n8)cc7)cc6)cc5)n4)cc32)c2ccccc21. The highest BCUT2D eigenvalue weighted by Crippen LogP contribution is 2.64. The van der Waals surface area contributed by atoms with Gasteiger partial charge in [-0.25, -0.2) is 19.9 Å². The van der Waals surface area contributed by atoms with Gasteiger partial charge in [0.05, 0.1) is 33.6 Å². The number of ether oxygens (including phenoxy) is 1. The number of fused-ring (bicyclic) bond motifs is 16. The molecule has 2 spiro atoms. The van der Waals surface area contributed by atoms with E-state index in [2.05, 4.69) is 343 Å². The Morgan fingerprint density at radius 2 is 0.530 bits per heavy atom. The molecule has 0 unspecified atom stereocenters. The standard InChI is InChI=1S/C94H66N4OS/c1-91(2)69-27-11-15-31-73(69)93(74-32-16-12-28-70(74)91)77-35-19-21-37-85(77)99-86-54-52-67(55-80(86)93)83-57-81(63-23-7-5-8-24-63)95-90(97-83)66-49-45-62(46-50-66)60-41-39-59(40-42-60)61-43-47-64(48-44-61)82-58-84(98-89(96-82)65-25-9-6-10-26-65)68-51-53-79-88(56-68)100-87-38-22-20-36-78(87)94(79)75-33-17-13-29-71(75)92(3,4)72-30-14-18-34-76(72)94/h5-58H,1-4H3. The average Bonchev–Trinajstić information content (AvgIpc) is 0.684. The van der Waals surface area contributed by atoms with E-state index in [1.165, 1.54) is 65.4 Å². The maximum absolute atomic E-state index is 6.90. The van der Waals surface area contributed by atoms with Gasteiger partial charge in [-0.05, 0) is 126 Å². The fourth-order valence-corrected chi connectivity index (χ4v) is 18.2. The van der Waals surface area contributed by atoms with E-state index in [1.807, 2.05) is 23.9 Å². The molecular weight excluding hydrogens is 1230 g/mol. The van der Waals surface area contributed by atoms with Gasteiger partial charge in [0, 0.05) is 65.1 Å². The van der Waals surface area contributed by atoms with Crippen LogP contribution in [0.5, 0.6) is 11.5 Å². The van der Waals surface area contributed by atoms with Crippen molar-refractivity contribution in [2.75, 3.05) is 0 Å². The third-order valence-corrected chi connectivity index (χ3v) is 23.0. The Hall–Kier alpha value is -11.8. The maximum Gasteiger partial charge on any atom is 0.160 e. The number of rotatable bonds is 8. The molecule has 15 aromatic rings. The van der Waals surface area contributed by atoms with Gasteiger partial charge in [0.25, 0.3) is 0 Å². The average molecular weight is 1300 g/mol. The van der Waals surface area contributed by atoms with Crippen LogP contribution in [0.15, 0.2) is 337 Å². The summed E-state index contributed by atoms with van der Waals surface area (Å²) in [4.78, 5) is 23.8. The number of aromatic nitrogens is 4. The Morgan fingerprint density at radius 1 is 0.220 bits per heavy atom. The summed E-state index contributed by atoms with van der Waals surface area (Å²) < 4.78 is 6.90. The summed E-state index contributed by atoms with van der Waals surface area (Å²) in [6.45, 7) is 9.46. The summed E-state index contributed by atoms with van der Waals surface area (Å²) >= 11 is 1.86. The molecule has 2 aromatic heterocycles. The fourth-order valence-electron chi connectivity index (χ4n) is 17.0. The Balaban J connectivity index is 0.635. The Bertz CT molecular complexity index is 5680. The highest BCUT2D eigenvalue weighted by molar-refractivity contribution is 7.99. The molecule has 13 aromatic carbocycles. The van der Waals surface area contributed by atoms with Crippen LogP contribution in [0.4, 0.5) is 0 Å². The van der Waals surface area contributed by atoms with Crippen molar-refractivity contribution in [2.45, 2.75) is 59.1 Å². The second-order valence-corrected chi connectivity index (χ2v) is 29.0. The van der Waals surface area contributed by atoms with Gasteiger partial charge < -0.3 is 4.74 Å². The molecule has 0 amide bonds. The molecule has 474 valence electrons. The zero-order chi connectivity index (χ0) is 66.9. The first-order valence-electron chi connectivity index (χ1n) is 34.5. The third kappa shape index (κ3) is 9.09. The van der Waals surface area contributed by atoms with E-state index < -0.39 is 10.8 Å². The van der Waals surface area contributed by atoms with E-state index in [-0.39, 0.29) is 10.8 Å². The lowest BCUT2D eigenvalue weighted by molar-refractivity contribution is 0.425. The van der Waals surface area contributed by atoms with Crippen molar-refractivity contribution >= 4 is 11.8 Å². The largest absolute Gasteiger partial charge is 0.457 e. The summed E-state index contributed by atoms with van der Waals surface area (Å²) in [6.07, 6.45) is 0. The van der Waals surface area contributed by atoms with Crippen LogP contribution in [0.3, 0.4) is 0 Å². The first-order chi connectivity index (χ1) is 49.0. The number of hydrogen-bond acceptors (Lipinski definition) is 6. The van der Waals surface area contributed by atoms with Crippen molar-refractivity contribution in [3.05, 3.63) is 394 Å². The number of para-hydroxylation sites is 1. The summed E-state index contributed by atoms with van der Waals surface area (Å²) in [5.74, 6) is 3.04. The van der Waals surface area contributed by atoms with Crippen LogP contribution in [-0.4, -0.2) is 19.9 Å². The van der Waals surface area contributed by atoms with E-state index in [0.717, 1.165) is 101 Å². The minimum Gasteiger partial charge on any atom is -0.457 e. The second-order valence-electron chi connectivity index (χ2n) is 27.9. The van der Waals surface area contributed by atoms with Gasteiger partial charge in [0.15, 0.2) is 11.6 Å². The normalized spacial score (nSPS) is 14.8. The van der Waals surface area contributed by atoms with Crippen LogP contribution in [-0.2, 0) is 21.7 Å². The van der Waals surface area contributed by atoms with Crippen LogP contribution in [0, 0.1) is 0 Å². The minimum absolute atomic E-state index is 0.176. The van der Waals surface area contributed by atoms with Crippen molar-refractivity contribution in [2.24, 2.45) is 0 Å². The van der Waals surface area contributed by atoms with Crippen molar-refractivity contribution in [3.8, 4) is 102 Å². The van der Waals surface area contributed by atoms with Gasteiger partial charge in [-0.2, -0.15) is 0 Å².